The van der Waals surface area contributed by atoms with Crippen LogP contribution < -0.4 is 10.5 Å². The lowest BCUT2D eigenvalue weighted by atomic mass is 10.1. The summed E-state index contributed by atoms with van der Waals surface area (Å²) in [5.41, 5.74) is 1.73. The number of aromatic nitrogens is 2. The lowest BCUT2D eigenvalue weighted by molar-refractivity contribution is 0.605. The molecule has 0 saturated carbocycles. The Morgan fingerprint density at radius 2 is 1.74 bits per heavy atom. The van der Waals surface area contributed by atoms with Gasteiger partial charge in [-0.1, -0.05) is 39.0 Å². The Hall–Kier alpha value is -1.32. The van der Waals surface area contributed by atoms with Crippen LogP contribution in [0.4, 0.5) is 5.95 Å². The molecule has 0 bridgehead atoms. The van der Waals surface area contributed by atoms with Gasteiger partial charge in [0.15, 0.2) is 0 Å². The van der Waals surface area contributed by atoms with E-state index in [0.29, 0.717) is 5.95 Å². The summed E-state index contributed by atoms with van der Waals surface area (Å²) in [6, 6.07) is 0. The first-order valence-corrected chi connectivity index (χ1v) is 7.33. The molecular weight excluding hydrogens is 238 g/mol. The number of hydrogen-bond acceptors (Lipinski definition) is 3. The molecule has 1 aromatic rings. The first kappa shape index (κ1) is 15.7. The molecule has 0 aliphatic heterocycles. The maximum Gasteiger partial charge on any atom is 0.255 e. The summed E-state index contributed by atoms with van der Waals surface area (Å²) in [7, 11) is 3.76. The van der Waals surface area contributed by atoms with Crippen LogP contribution in [0, 0.1) is 6.92 Å². The second-order valence-corrected chi connectivity index (χ2v) is 5.37. The largest absolute Gasteiger partial charge is 0.348 e. The molecule has 0 atom stereocenters. The first-order chi connectivity index (χ1) is 9.06. The van der Waals surface area contributed by atoms with E-state index in [9.17, 15) is 4.79 Å². The molecule has 108 valence electrons. The summed E-state index contributed by atoms with van der Waals surface area (Å²) >= 11 is 0. The average Bonchev–Trinajstić information content (AvgIpc) is 2.35. The standard InChI is InChI=1S/C15H27N3O/c1-5-6-7-8-9-10-11-13-12(2)16-15(18(3)4)17-14(13)19/h5-11H2,1-4H3,(H,16,17,19). The van der Waals surface area contributed by atoms with E-state index in [4.69, 9.17) is 0 Å². The number of aryl methyl sites for hydroxylation is 1. The zero-order valence-corrected chi connectivity index (χ0v) is 12.8. The van der Waals surface area contributed by atoms with Gasteiger partial charge >= 0.3 is 0 Å². The molecule has 0 saturated heterocycles. The molecule has 0 spiro atoms. The Balaban J connectivity index is 2.52. The molecule has 1 heterocycles. The summed E-state index contributed by atoms with van der Waals surface area (Å²) in [5.74, 6) is 0.634. The van der Waals surface area contributed by atoms with Crippen molar-refractivity contribution in [2.75, 3.05) is 19.0 Å². The molecule has 1 N–H and O–H groups in total. The van der Waals surface area contributed by atoms with Crippen molar-refractivity contribution < 1.29 is 0 Å². The number of rotatable bonds is 8. The van der Waals surface area contributed by atoms with Gasteiger partial charge in [0.1, 0.15) is 0 Å². The fourth-order valence-electron chi connectivity index (χ4n) is 2.18. The molecule has 1 aromatic heterocycles. The lowest BCUT2D eigenvalue weighted by Crippen LogP contribution is -2.22. The van der Waals surface area contributed by atoms with Crippen LogP contribution in [0.15, 0.2) is 4.79 Å². The fraction of sp³-hybridized carbons (Fsp3) is 0.733. The van der Waals surface area contributed by atoms with E-state index in [-0.39, 0.29) is 5.56 Å². The van der Waals surface area contributed by atoms with Gasteiger partial charge in [0.05, 0.1) is 0 Å². The highest BCUT2D eigenvalue weighted by molar-refractivity contribution is 5.30. The molecule has 0 aliphatic carbocycles. The second-order valence-electron chi connectivity index (χ2n) is 5.37. The van der Waals surface area contributed by atoms with Crippen LogP contribution in [0.2, 0.25) is 0 Å². The predicted octanol–water partition coefficient (Wildman–Crippen LogP) is 3.05. The Morgan fingerprint density at radius 3 is 2.32 bits per heavy atom. The van der Waals surface area contributed by atoms with Gasteiger partial charge in [0.25, 0.3) is 5.56 Å². The molecule has 0 aliphatic rings. The van der Waals surface area contributed by atoms with Crippen molar-refractivity contribution in [3.8, 4) is 0 Å². The van der Waals surface area contributed by atoms with Crippen LogP contribution >= 0.6 is 0 Å². The van der Waals surface area contributed by atoms with E-state index >= 15 is 0 Å². The number of anilines is 1. The Kier molecular flexibility index (Phi) is 6.60. The van der Waals surface area contributed by atoms with Crippen molar-refractivity contribution in [1.82, 2.24) is 9.97 Å². The average molecular weight is 265 g/mol. The van der Waals surface area contributed by atoms with Gasteiger partial charge in [0.2, 0.25) is 5.95 Å². The second kappa shape index (κ2) is 7.97. The maximum absolute atomic E-state index is 12.0. The summed E-state index contributed by atoms with van der Waals surface area (Å²) in [5, 5.41) is 0. The highest BCUT2D eigenvalue weighted by Crippen LogP contribution is 2.10. The number of aromatic amines is 1. The SMILES string of the molecule is CCCCCCCCc1c(C)nc(N(C)C)[nH]c1=O. The van der Waals surface area contributed by atoms with Gasteiger partial charge in [-0.05, 0) is 19.8 Å². The molecule has 0 aromatic carbocycles. The predicted molar refractivity (Wildman–Crippen MR) is 81.0 cm³/mol. The minimum atomic E-state index is 0.0183. The quantitative estimate of drug-likeness (QED) is 0.735. The highest BCUT2D eigenvalue weighted by atomic mass is 16.1. The molecule has 0 amide bonds. The van der Waals surface area contributed by atoms with Crippen LogP contribution in [-0.2, 0) is 6.42 Å². The third-order valence-corrected chi connectivity index (χ3v) is 3.41. The van der Waals surface area contributed by atoms with Crippen LogP contribution in [0.3, 0.4) is 0 Å². The molecule has 4 heteroatoms. The van der Waals surface area contributed by atoms with E-state index < -0.39 is 0 Å². The number of nitrogens with zero attached hydrogens (tertiary/aromatic N) is 2. The van der Waals surface area contributed by atoms with Crippen LogP contribution in [-0.4, -0.2) is 24.1 Å². The number of nitrogens with one attached hydrogen (secondary N) is 1. The Labute approximate surface area is 116 Å². The molecular formula is C15H27N3O. The van der Waals surface area contributed by atoms with Crippen LogP contribution in [0.1, 0.15) is 56.7 Å². The third kappa shape index (κ3) is 5.05. The minimum Gasteiger partial charge on any atom is -0.348 e. The zero-order chi connectivity index (χ0) is 14.3. The van der Waals surface area contributed by atoms with Gasteiger partial charge < -0.3 is 4.90 Å². The van der Waals surface area contributed by atoms with Crippen molar-refractivity contribution in [2.24, 2.45) is 0 Å². The highest BCUT2D eigenvalue weighted by Gasteiger charge is 2.08. The third-order valence-electron chi connectivity index (χ3n) is 3.41. The molecule has 0 fully saturated rings. The van der Waals surface area contributed by atoms with Crippen molar-refractivity contribution >= 4 is 5.95 Å². The fourth-order valence-corrected chi connectivity index (χ4v) is 2.18. The van der Waals surface area contributed by atoms with Gasteiger partial charge in [-0.15, -0.1) is 0 Å². The van der Waals surface area contributed by atoms with Gasteiger partial charge in [-0.3, -0.25) is 9.78 Å². The summed E-state index contributed by atoms with van der Waals surface area (Å²) in [6.45, 7) is 4.15. The lowest BCUT2D eigenvalue weighted by Gasteiger charge is -2.13. The maximum atomic E-state index is 12.0. The smallest absolute Gasteiger partial charge is 0.255 e. The first-order valence-electron chi connectivity index (χ1n) is 7.33. The number of unbranched alkanes of at least 4 members (excludes halogenated alkanes) is 5. The summed E-state index contributed by atoms with van der Waals surface area (Å²) < 4.78 is 0. The molecule has 0 unspecified atom stereocenters. The minimum absolute atomic E-state index is 0.0183. The van der Waals surface area contributed by atoms with E-state index in [0.717, 1.165) is 24.1 Å². The summed E-state index contributed by atoms with van der Waals surface area (Å²) in [6.07, 6.45) is 8.30. The summed E-state index contributed by atoms with van der Waals surface area (Å²) in [4.78, 5) is 21.1. The topological polar surface area (TPSA) is 49.0 Å². The van der Waals surface area contributed by atoms with Gasteiger partial charge in [0, 0.05) is 25.4 Å². The van der Waals surface area contributed by atoms with Crippen LogP contribution in [0.5, 0.6) is 0 Å². The number of H-pyrrole nitrogens is 1. The zero-order valence-electron chi connectivity index (χ0n) is 12.8. The van der Waals surface area contributed by atoms with Gasteiger partial charge in [-0.2, -0.15) is 0 Å². The molecule has 4 nitrogen and oxygen atoms in total. The normalized spacial score (nSPS) is 10.7. The van der Waals surface area contributed by atoms with E-state index in [1.807, 2.05) is 25.9 Å². The molecule has 0 radical (unpaired) electrons. The van der Waals surface area contributed by atoms with E-state index in [2.05, 4.69) is 16.9 Å². The van der Waals surface area contributed by atoms with Crippen molar-refractivity contribution in [3.05, 3.63) is 21.6 Å². The Morgan fingerprint density at radius 1 is 1.11 bits per heavy atom. The number of hydrogen-bond donors (Lipinski definition) is 1. The van der Waals surface area contributed by atoms with Crippen molar-refractivity contribution in [2.45, 2.75) is 58.8 Å². The molecule has 19 heavy (non-hydrogen) atoms. The van der Waals surface area contributed by atoms with E-state index in [1.165, 1.54) is 32.1 Å². The monoisotopic (exact) mass is 265 g/mol. The van der Waals surface area contributed by atoms with E-state index in [1.54, 1.807) is 0 Å². The molecule has 1 rings (SSSR count). The van der Waals surface area contributed by atoms with Gasteiger partial charge in [-0.25, -0.2) is 4.98 Å². The van der Waals surface area contributed by atoms with Crippen LogP contribution in [0.25, 0.3) is 0 Å². The van der Waals surface area contributed by atoms with Crippen molar-refractivity contribution in [3.63, 3.8) is 0 Å². The Bertz CT molecular complexity index is 438. The van der Waals surface area contributed by atoms with Crippen molar-refractivity contribution in [1.29, 1.82) is 0 Å².